The second-order valence-electron chi connectivity index (χ2n) is 8.44. The lowest BCUT2D eigenvalue weighted by molar-refractivity contribution is 0.0950. The summed E-state index contributed by atoms with van der Waals surface area (Å²) in [6.07, 6.45) is 7.55. The van der Waals surface area contributed by atoms with Crippen molar-refractivity contribution in [2.45, 2.75) is 19.5 Å². The van der Waals surface area contributed by atoms with E-state index in [4.69, 9.17) is 11.6 Å². The largest absolute Gasteiger partial charge is 0.360 e. The summed E-state index contributed by atoms with van der Waals surface area (Å²) < 4.78 is 1.67. The molecule has 0 spiro atoms. The molecule has 7 heteroatoms. The van der Waals surface area contributed by atoms with Crippen molar-refractivity contribution in [2.75, 3.05) is 0 Å². The van der Waals surface area contributed by atoms with Crippen LogP contribution in [0.25, 0.3) is 10.9 Å². The number of nitrogens with zero attached hydrogens (tertiary/aromatic N) is 2. The molecule has 3 aromatic heterocycles. The number of H-pyrrole nitrogens is 1. The standard InChI is InChI=1S/C28H23ClN4O2/c29-25-17-31-26-13-21(8-9-24(25)26)15-32-28(35)23-12-22(14-30-16-23)11-19-4-6-20(7-5-19)18-33-10-2-1-3-27(33)34/h1-10,12-14,16-17,31H,11,15,18H2,(H,32,35). The van der Waals surface area contributed by atoms with Gasteiger partial charge in [0.25, 0.3) is 11.5 Å². The summed E-state index contributed by atoms with van der Waals surface area (Å²) in [6, 6.07) is 21.0. The minimum Gasteiger partial charge on any atom is -0.360 e. The van der Waals surface area contributed by atoms with Crippen LogP contribution in [0, 0.1) is 0 Å². The van der Waals surface area contributed by atoms with E-state index < -0.39 is 0 Å². The molecule has 0 saturated heterocycles. The first-order valence-corrected chi connectivity index (χ1v) is 11.6. The highest BCUT2D eigenvalue weighted by atomic mass is 35.5. The van der Waals surface area contributed by atoms with E-state index in [-0.39, 0.29) is 11.5 Å². The molecular formula is C28H23ClN4O2. The zero-order chi connectivity index (χ0) is 24.2. The summed E-state index contributed by atoms with van der Waals surface area (Å²) in [4.78, 5) is 32.0. The number of benzene rings is 2. The molecule has 2 N–H and O–H groups in total. The van der Waals surface area contributed by atoms with Crippen molar-refractivity contribution >= 4 is 28.4 Å². The highest BCUT2D eigenvalue weighted by molar-refractivity contribution is 6.35. The van der Waals surface area contributed by atoms with Gasteiger partial charge in [0.15, 0.2) is 0 Å². The maximum absolute atomic E-state index is 12.7. The molecule has 35 heavy (non-hydrogen) atoms. The maximum Gasteiger partial charge on any atom is 0.253 e. The third-order valence-corrected chi connectivity index (χ3v) is 6.20. The van der Waals surface area contributed by atoms with E-state index in [2.05, 4.69) is 15.3 Å². The van der Waals surface area contributed by atoms with Gasteiger partial charge in [0.2, 0.25) is 0 Å². The molecule has 6 nitrogen and oxygen atoms in total. The summed E-state index contributed by atoms with van der Waals surface area (Å²) in [6.45, 7) is 0.933. The molecule has 0 aliphatic rings. The Kier molecular flexibility index (Phi) is 6.46. The molecule has 5 rings (SSSR count). The van der Waals surface area contributed by atoms with E-state index in [1.807, 2.05) is 54.6 Å². The van der Waals surface area contributed by atoms with Gasteiger partial charge in [-0.25, -0.2) is 0 Å². The molecule has 2 aromatic carbocycles. The molecule has 0 fully saturated rings. The predicted molar refractivity (Wildman–Crippen MR) is 138 cm³/mol. The zero-order valence-electron chi connectivity index (χ0n) is 18.9. The van der Waals surface area contributed by atoms with Gasteiger partial charge in [0.1, 0.15) is 0 Å². The van der Waals surface area contributed by atoms with Gasteiger partial charge in [0.05, 0.1) is 17.1 Å². The number of halogens is 1. The maximum atomic E-state index is 12.7. The third-order valence-electron chi connectivity index (χ3n) is 5.89. The normalized spacial score (nSPS) is 11.0. The number of hydrogen-bond acceptors (Lipinski definition) is 3. The summed E-state index contributed by atoms with van der Waals surface area (Å²) >= 11 is 6.13. The number of amides is 1. The van der Waals surface area contributed by atoms with Gasteiger partial charge in [-0.2, -0.15) is 0 Å². The quantitative estimate of drug-likeness (QED) is 0.344. The molecule has 0 unspecified atom stereocenters. The topological polar surface area (TPSA) is 79.8 Å². The fraction of sp³-hybridized carbons (Fsp3) is 0.107. The molecule has 0 bridgehead atoms. The van der Waals surface area contributed by atoms with Crippen molar-refractivity contribution in [3.05, 3.63) is 135 Å². The van der Waals surface area contributed by atoms with Crippen LogP contribution in [-0.4, -0.2) is 20.4 Å². The van der Waals surface area contributed by atoms with Gasteiger partial charge < -0.3 is 14.9 Å². The zero-order valence-corrected chi connectivity index (χ0v) is 19.6. The number of aromatic nitrogens is 3. The van der Waals surface area contributed by atoms with E-state index in [1.165, 1.54) is 0 Å². The van der Waals surface area contributed by atoms with Crippen LogP contribution in [0.5, 0.6) is 0 Å². The minimum absolute atomic E-state index is 0.0213. The van der Waals surface area contributed by atoms with Gasteiger partial charge in [0, 0.05) is 48.3 Å². The smallest absolute Gasteiger partial charge is 0.253 e. The van der Waals surface area contributed by atoms with Crippen molar-refractivity contribution < 1.29 is 4.79 Å². The van der Waals surface area contributed by atoms with Crippen molar-refractivity contribution in [3.63, 3.8) is 0 Å². The van der Waals surface area contributed by atoms with Crippen molar-refractivity contribution in [1.82, 2.24) is 19.9 Å². The number of rotatable bonds is 7. The van der Waals surface area contributed by atoms with Gasteiger partial charge in [-0.1, -0.05) is 54.1 Å². The Morgan fingerprint density at radius 2 is 1.74 bits per heavy atom. The average molecular weight is 483 g/mol. The molecule has 3 heterocycles. The van der Waals surface area contributed by atoms with Crippen molar-refractivity contribution in [2.24, 2.45) is 0 Å². The van der Waals surface area contributed by atoms with Crippen molar-refractivity contribution in [3.8, 4) is 0 Å². The lowest BCUT2D eigenvalue weighted by Gasteiger charge is -2.09. The Bertz CT molecular complexity index is 1550. The summed E-state index contributed by atoms with van der Waals surface area (Å²) in [5, 5.41) is 4.60. The van der Waals surface area contributed by atoms with Gasteiger partial charge in [-0.15, -0.1) is 0 Å². The van der Waals surface area contributed by atoms with Crippen LogP contribution >= 0.6 is 11.6 Å². The molecule has 5 aromatic rings. The highest BCUT2D eigenvalue weighted by Gasteiger charge is 2.09. The molecule has 0 saturated carbocycles. The summed E-state index contributed by atoms with van der Waals surface area (Å²) in [7, 11) is 0. The Morgan fingerprint density at radius 3 is 2.57 bits per heavy atom. The van der Waals surface area contributed by atoms with Gasteiger partial charge in [-0.3, -0.25) is 14.6 Å². The summed E-state index contributed by atoms with van der Waals surface area (Å²) in [5.74, 6) is -0.174. The van der Waals surface area contributed by atoms with E-state index in [9.17, 15) is 9.59 Å². The Labute approximate surface area is 207 Å². The van der Waals surface area contributed by atoms with Gasteiger partial charge >= 0.3 is 0 Å². The second kappa shape index (κ2) is 9.99. The number of nitrogens with one attached hydrogen (secondary N) is 2. The van der Waals surface area contributed by atoms with Crippen LogP contribution in [0.3, 0.4) is 0 Å². The second-order valence-corrected chi connectivity index (χ2v) is 8.85. The highest BCUT2D eigenvalue weighted by Crippen LogP contribution is 2.23. The lowest BCUT2D eigenvalue weighted by Crippen LogP contribution is -2.23. The Balaban J connectivity index is 1.21. The van der Waals surface area contributed by atoms with Crippen LogP contribution in [-0.2, 0) is 19.5 Å². The molecule has 0 radical (unpaired) electrons. The van der Waals surface area contributed by atoms with Gasteiger partial charge in [-0.05, 0) is 46.9 Å². The average Bonchev–Trinajstić information content (AvgIpc) is 3.25. The number of fused-ring (bicyclic) bond motifs is 1. The van der Waals surface area contributed by atoms with Crippen LogP contribution in [0.4, 0.5) is 0 Å². The van der Waals surface area contributed by atoms with E-state index in [1.54, 1.807) is 41.5 Å². The van der Waals surface area contributed by atoms with Crippen LogP contribution in [0.1, 0.15) is 32.6 Å². The number of carbonyl (C=O) groups excluding carboxylic acids is 1. The SMILES string of the molecule is O=C(NCc1ccc2c(Cl)c[nH]c2c1)c1cncc(Cc2ccc(Cn3ccccc3=O)cc2)c1. The fourth-order valence-corrected chi connectivity index (χ4v) is 4.25. The third kappa shape index (κ3) is 5.34. The molecule has 0 atom stereocenters. The first-order chi connectivity index (χ1) is 17.0. The predicted octanol–water partition coefficient (Wildman–Crippen LogP) is 4.95. The first kappa shape index (κ1) is 22.6. The lowest BCUT2D eigenvalue weighted by atomic mass is 10.0. The number of pyridine rings is 2. The number of carbonyl (C=O) groups is 1. The first-order valence-electron chi connectivity index (χ1n) is 11.3. The molecule has 0 aliphatic carbocycles. The van der Waals surface area contributed by atoms with Crippen molar-refractivity contribution in [1.29, 1.82) is 0 Å². The van der Waals surface area contributed by atoms with E-state index in [0.29, 0.717) is 30.1 Å². The Morgan fingerprint density at radius 1 is 0.943 bits per heavy atom. The van der Waals surface area contributed by atoms with Crippen LogP contribution in [0.15, 0.2) is 96.3 Å². The molecule has 0 aliphatic heterocycles. The molecule has 1 amide bonds. The monoisotopic (exact) mass is 482 g/mol. The van der Waals surface area contributed by atoms with Crippen LogP contribution < -0.4 is 10.9 Å². The Hall–Kier alpha value is -4.16. The molecule has 174 valence electrons. The summed E-state index contributed by atoms with van der Waals surface area (Å²) in [5.41, 5.74) is 5.52. The number of hydrogen-bond donors (Lipinski definition) is 2. The van der Waals surface area contributed by atoms with E-state index in [0.717, 1.165) is 33.2 Å². The minimum atomic E-state index is -0.174. The van der Waals surface area contributed by atoms with E-state index >= 15 is 0 Å². The van der Waals surface area contributed by atoms with Crippen LogP contribution in [0.2, 0.25) is 5.02 Å². The molecular weight excluding hydrogens is 460 g/mol. The number of aromatic amines is 1. The fourth-order valence-electron chi connectivity index (χ4n) is 4.03.